The Morgan fingerprint density at radius 2 is 1.87 bits per heavy atom. The predicted octanol–water partition coefficient (Wildman–Crippen LogP) is 1.55. The number of nitrogens with one attached hydrogen (secondary N) is 1. The second-order valence-corrected chi connectivity index (χ2v) is 5.41. The maximum atomic E-state index is 10.4. The minimum Gasteiger partial charge on any atom is -0.388 e. The molecule has 1 aliphatic rings. The van der Waals surface area contributed by atoms with Crippen LogP contribution in [0.3, 0.4) is 0 Å². The van der Waals surface area contributed by atoms with Crippen molar-refractivity contribution < 1.29 is 9.84 Å². The molecule has 0 saturated carbocycles. The third kappa shape index (κ3) is 4.49. The van der Waals surface area contributed by atoms with Crippen LogP contribution in [0.15, 0.2) is 0 Å². The molecule has 0 bridgehead atoms. The Kier molecular flexibility index (Phi) is 4.56. The van der Waals surface area contributed by atoms with Gasteiger partial charge in [-0.05, 0) is 26.3 Å². The molecule has 1 saturated heterocycles. The minimum absolute atomic E-state index is 0.166. The lowest BCUT2D eigenvalue weighted by molar-refractivity contribution is -0.129. The summed E-state index contributed by atoms with van der Waals surface area (Å²) in [6.45, 7) is 10.1. The van der Waals surface area contributed by atoms with Crippen LogP contribution in [0, 0.1) is 5.92 Å². The van der Waals surface area contributed by atoms with Crippen LogP contribution in [0.4, 0.5) is 0 Å². The second kappa shape index (κ2) is 5.28. The molecule has 0 amide bonds. The Balaban J connectivity index is 2.36. The molecule has 1 heterocycles. The zero-order chi connectivity index (χ0) is 11.5. The molecule has 3 heteroatoms. The molecule has 2 unspecified atom stereocenters. The van der Waals surface area contributed by atoms with Gasteiger partial charge in [0.2, 0.25) is 0 Å². The fourth-order valence-corrected chi connectivity index (χ4v) is 2.38. The lowest BCUT2D eigenvalue weighted by Crippen LogP contribution is -2.50. The Morgan fingerprint density at radius 3 is 2.33 bits per heavy atom. The smallest absolute Gasteiger partial charge is 0.0820 e. The van der Waals surface area contributed by atoms with Gasteiger partial charge in [0.15, 0.2) is 0 Å². The van der Waals surface area contributed by atoms with E-state index in [1.165, 1.54) is 0 Å². The first-order valence-electron chi connectivity index (χ1n) is 6.00. The van der Waals surface area contributed by atoms with Crippen molar-refractivity contribution in [3.63, 3.8) is 0 Å². The molecule has 2 atom stereocenters. The van der Waals surface area contributed by atoms with Crippen molar-refractivity contribution in [2.75, 3.05) is 13.1 Å². The lowest BCUT2D eigenvalue weighted by Gasteiger charge is -2.39. The summed E-state index contributed by atoms with van der Waals surface area (Å²) in [7, 11) is 0. The maximum Gasteiger partial charge on any atom is 0.0820 e. The molecule has 1 fully saturated rings. The molecule has 1 aliphatic heterocycles. The summed E-state index contributed by atoms with van der Waals surface area (Å²) in [4.78, 5) is 0. The molecule has 2 N–H and O–H groups in total. The van der Waals surface area contributed by atoms with Crippen LogP contribution in [-0.4, -0.2) is 36.0 Å². The van der Waals surface area contributed by atoms with Crippen molar-refractivity contribution in [1.82, 2.24) is 5.32 Å². The molecular weight excluding hydrogens is 190 g/mol. The highest BCUT2D eigenvalue weighted by molar-refractivity contribution is 4.89. The van der Waals surface area contributed by atoms with Crippen LogP contribution in [0.2, 0.25) is 0 Å². The first-order chi connectivity index (χ1) is 6.91. The van der Waals surface area contributed by atoms with Gasteiger partial charge in [0.25, 0.3) is 0 Å². The largest absolute Gasteiger partial charge is 0.388 e. The Hall–Kier alpha value is -0.120. The van der Waals surface area contributed by atoms with Crippen molar-refractivity contribution in [1.29, 1.82) is 0 Å². The van der Waals surface area contributed by atoms with E-state index >= 15 is 0 Å². The van der Waals surface area contributed by atoms with E-state index in [0.717, 1.165) is 19.4 Å². The van der Waals surface area contributed by atoms with Gasteiger partial charge in [0.05, 0.1) is 17.8 Å². The molecule has 0 aromatic carbocycles. The van der Waals surface area contributed by atoms with Crippen LogP contribution in [-0.2, 0) is 4.74 Å². The maximum absolute atomic E-state index is 10.4. The molecular formula is C12H25NO2. The Bertz CT molecular complexity index is 184. The monoisotopic (exact) mass is 215 g/mol. The molecule has 1 rings (SSSR count). The fourth-order valence-electron chi connectivity index (χ4n) is 2.38. The van der Waals surface area contributed by atoms with Gasteiger partial charge in [0.1, 0.15) is 0 Å². The quantitative estimate of drug-likeness (QED) is 0.747. The number of hydrogen-bond donors (Lipinski definition) is 2. The average Bonchev–Trinajstić information content (AvgIpc) is 1.98. The average molecular weight is 215 g/mol. The van der Waals surface area contributed by atoms with Crippen LogP contribution in [0.1, 0.15) is 40.5 Å². The van der Waals surface area contributed by atoms with Gasteiger partial charge < -0.3 is 15.2 Å². The number of ether oxygens (including phenoxy) is 1. The molecule has 0 aromatic heterocycles. The minimum atomic E-state index is -0.577. The van der Waals surface area contributed by atoms with E-state index in [-0.39, 0.29) is 12.2 Å². The SMILES string of the molecule is CC(C)CNCC1(O)CC(C)OC(C)C1. The standard InChI is InChI=1S/C12H25NO2/c1-9(2)7-13-8-12(14)5-10(3)15-11(4)6-12/h9-11,13-14H,5-8H2,1-4H3. The third-order valence-electron chi connectivity index (χ3n) is 2.81. The van der Waals surface area contributed by atoms with Crippen molar-refractivity contribution in [3.05, 3.63) is 0 Å². The highest BCUT2D eigenvalue weighted by Gasteiger charge is 2.36. The van der Waals surface area contributed by atoms with Gasteiger partial charge in [-0.15, -0.1) is 0 Å². The predicted molar refractivity (Wildman–Crippen MR) is 61.9 cm³/mol. The van der Waals surface area contributed by atoms with Crippen molar-refractivity contribution in [2.45, 2.75) is 58.3 Å². The summed E-state index contributed by atoms with van der Waals surface area (Å²) in [6.07, 6.45) is 1.81. The highest BCUT2D eigenvalue weighted by Crippen LogP contribution is 2.28. The molecule has 0 aliphatic carbocycles. The van der Waals surface area contributed by atoms with Crippen LogP contribution >= 0.6 is 0 Å². The van der Waals surface area contributed by atoms with Crippen LogP contribution in [0.25, 0.3) is 0 Å². The van der Waals surface area contributed by atoms with E-state index in [0.29, 0.717) is 12.5 Å². The van der Waals surface area contributed by atoms with Gasteiger partial charge in [-0.3, -0.25) is 0 Å². The van der Waals surface area contributed by atoms with E-state index in [2.05, 4.69) is 19.2 Å². The summed E-state index contributed by atoms with van der Waals surface area (Å²) in [5, 5.41) is 13.7. The summed E-state index contributed by atoms with van der Waals surface area (Å²) in [5.41, 5.74) is -0.577. The van der Waals surface area contributed by atoms with Crippen LogP contribution in [0.5, 0.6) is 0 Å². The Labute approximate surface area is 93.2 Å². The normalized spacial score (nSPS) is 37.2. The van der Waals surface area contributed by atoms with Gasteiger partial charge >= 0.3 is 0 Å². The first-order valence-corrected chi connectivity index (χ1v) is 6.00. The van der Waals surface area contributed by atoms with Gasteiger partial charge in [-0.25, -0.2) is 0 Å². The van der Waals surface area contributed by atoms with Crippen molar-refractivity contribution in [3.8, 4) is 0 Å². The third-order valence-corrected chi connectivity index (χ3v) is 2.81. The number of rotatable bonds is 4. The molecule has 0 aromatic rings. The summed E-state index contributed by atoms with van der Waals surface area (Å²) in [5.74, 6) is 0.628. The lowest BCUT2D eigenvalue weighted by atomic mass is 9.87. The van der Waals surface area contributed by atoms with Gasteiger partial charge in [-0.2, -0.15) is 0 Å². The highest BCUT2D eigenvalue weighted by atomic mass is 16.5. The van der Waals surface area contributed by atoms with Gasteiger partial charge in [0, 0.05) is 19.4 Å². The zero-order valence-electron chi connectivity index (χ0n) is 10.4. The van der Waals surface area contributed by atoms with E-state index in [1.807, 2.05) is 13.8 Å². The number of aliphatic hydroxyl groups is 1. The molecule has 0 spiro atoms. The summed E-state index contributed by atoms with van der Waals surface area (Å²) < 4.78 is 5.62. The van der Waals surface area contributed by atoms with Crippen LogP contribution < -0.4 is 5.32 Å². The van der Waals surface area contributed by atoms with E-state index in [9.17, 15) is 5.11 Å². The van der Waals surface area contributed by atoms with Gasteiger partial charge in [-0.1, -0.05) is 13.8 Å². The molecule has 15 heavy (non-hydrogen) atoms. The van der Waals surface area contributed by atoms with Crippen molar-refractivity contribution in [2.24, 2.45) is 5.92 Å². The fraction of sp³-hybridized carbons (Fsp3) is 1.00. The molecule has 90 valence electrons. The van der Waals surface area contributed by atoms with E-state index in [1.54, 1.807) is 0 Å². The van der Waals surface area contributed by atoms with E-state index in [4.69, 9.17) is 4.74 Å². The Morgan fingerprint density at radius 1 is 1.33 bits per heavy atom. The first kappa shape index (κ1) is 12.9. The van der Waals surface area contributed by atoms with Crippen molar-refractivity contribution >= 4 is 0 Å². The molecule has 3 nitrogen and oxygen atoms in total. The van der Waals surface area contributed by atoms with E-state index < -0.39 is 5.60 Å². The molecule has 0 radical (unpaired) electrons. The topological polar surface area (TPSA) is 41.5 Å². The summed E-state index contributed by atoms with van der Waals surface area (Å²) >= 11 is 0. The summed E-state index contributed by atoms with van der Waals surface area (Å²) in [6, 6.07) is 0. The second-order valence-electron chi connectivity index (χ2n) is 5.41. The number of hydrogen-bond acceptors (Lipinski definition) is 3. The zero-order valence-corrected chi connectivity index (χ0v) is 10.4.